The van der Waals surface area contributed by atoms with E-state index in [9.17, 15) is 0 Å². The van der Waals surface area contributed by atoms with E-state index in [1.165, 1.54) is 58.4 Å². The van der Waals surface area contributed by atoms with E-state index in [1.807, 2.05) is 0 Å². The first-order chi connectivity index (χ1) is 9.01. The Labute approximate surface area is 119 Å². The fourth-order valence-electron chi connectivity index (χ4n) is 3.24. The normalized spacial score (nSPS) is 29.4. The van der Waals surface area contributed by atoms with Gasteiger partial charge in [0.15, 0.2) is 0 Å². The van der Waals surface area contributed by atoms with Crippen LogP contribution >= 0.6 is 0 Å². The summed E-state index contributed by atoms with van der Waals surface area (Å²) in [6.45, 7) is 13.2. The van der Waals surface area contributed by atoms with Crippen LogP contribution in [-0.2, 0) is 0 Å². The van der Waals surface area contributed by atoms with Crippen molar-refractivity contribution in [2.24, 2.45) is 5.92 Å². The molecule has 0 spiro atoms. The molecule has 1 saturated heterocycles. The lowest BCUT2D eigenvalue weighted by molar-refractivity contribution is 0.124. The summed E-state index contributed by atoms with van der Waals surface area (Å²) in [4.78, 5) is 5.14. The second-order valence-corrected chi connectivity index (χ2v) is 7.18. The van der Waals surface area contributed by atoms with Crippen LogP contribution in [0.15, 0.2) is 0 Å². The van der Waals surface area contributed by atoms with E-state index in [0.717, 1.165) is 5.92 Å². The maximum atomic E-state index is 3.76. The van der Waals surface area contributed by atoms with E-state index < -0.39 is 0 Å². The largest absolute Gasteiger partial charge is 0.309 e. The Kier molecular flexibility index (Phi) is 5.27. The highest BCUT2D eigenvalue weighted by atomic mass is 15.2. The van der Waals surface area contributed by atoms with Gasteiger partial charge in [-0.05, 0) is 72.5 Å². The van der Waals surface area contributed by atoms with Gasteiger partial charge in [-0.2, -0.15) is 0 Å². The molecule has 1 heterocycles. The number of piperazine rings is 1. The molecule has 19 heavy (non-hydrogen) atoms. The van der Waals surface area contributed by atoms with Crippen LogP contribution in [0.3, 0.4) is 0 Å². The second-order valence-electron chi connectivity index (χ2n) is 7.18. The minimum Gasteiger partial charge on any atom is -0.309 e. The molecule has 1 unspecified atom stereocenters. The van der Waals surface area contributed by atoms with Gasteiger partial charge in [0.25, 0.3) is 0 Å². The van der Waals surface area contributed by atoms with E-state index in [0.29, 0.717) is 11.6 Å². The lowest BCUT2D eigenvalue weighted by atomic mass is 9.93. The molecular formula is C16H33N3. The van der Waals surface area contributed by atoms with Crippen molar-refractivity contribution < 1.29 is 0 Å². The monoisotopic (exact) mass is 267 g/mol. The molecule has 2 aliphatic rings. The van der Waals surface area contributed by atoms with E-state index in [-0.39, 0.29) is 0 Å². The second kappa shape index (κ2) is 6.55. The number of hydrogen-bond acceptors (Lipinski definition) is 3. The summed E-state index contributed by atoms with van der Waals surface area (Å²) in [6, 6.07) is 0.678. The van der Waals surface area contributed by atoms with Gasteiger partial charge in [-0.25, -0.2) is 0 Å². The van der Waals surface area contributed by atoms with E-state index in [1.54, 1.807) is 0 Å². The maximum absolute atomic E-state index is 3.76. The number of nitrogens with zero attached hydrogens (tertiary/aromatic N) is 2. The number of hydrogen-bond donors (Lipinski definition) is 1. The summed E-state index contributed by atoms with van der Waals surface area (Å²) >= 11 is 0. The first-order valence-electron chi connectivity index (χ1n) is 8.19. The molecule has 0 bridgehead atoms. The molecule has 3 nitrogen and oxygen atoms in total. The summed E-state index contributed by atoms with van der Waals surface area (Å²) in [5.74, 6) is 0.947. The zero-order valence-corrected chi connectivity index (χ0v) is 13.4. The Morgan fingerprint density at radius 2 is 2.05 bits per heavy atom. The predicted octanol–water partition coefficient (Wildman–Crippen LogP) is 2.18. The molecule has 1 N–H and O–H groups in total. The minimum absolute atomic E-state index is 0.410. The van der Waals surface area contributed by atoms with Crippen LogP contribution in [0.2, 0.25) is 0 Å². The summed E-state index contributed by atoms with van der Waals surface area (Å²) < 4.78 is 0. The first-order valence-corrected chi connectivity index (χ1v) is 8.19. The Hall–Kier alpha value is -0.120. The van der Waals surface area contributed by atoms with Gasteiger partial charge in [0, 0.05) is 31.2 Å². The molecule has 0 aromatic rings. The van der Waals surface area contributed by atoms with Crippen LogP contribution in [0, 0.1) is 5.92 Å². The van der Waals surface area contributed by atoms with Crippen LogP contribution < -0.4 is 5.32 Å². The van der Waals surface area contributed by atoms with Crippen molar-refractivity contribution in [1.82, 2.24) is 15.1 Å². The summed E-state index contributed by atoms with van der Waals surface area (Å²) in [5.41, 5.74) is 0.410. The van der Waals surface area contributed by atoms with Crippen molar-refractivity contribution in [3.8, 4) is 0 Å². The van der Waals surface area contributed by atoms with Crippen LogP contribution in [-0.4, -0.2) is 61.2 Å². The third-order valence-corrected chi connectivity index (χ3v) is 5.10. The molecule has 1 aliphatic carbocycles. The van der Waals surface area contributed by atoms with Crippen LogP contribution in [0.4, 0.5) is 0 Å². The van der Waals surface area contributed by atoms with Gasteiger partial charge < -0.3 is 15.1 Å². The highest BCUT2D eigenvalue weighted by Crippen LogP contribution is 2.40. The number of unbranched alkanes of at least 4 members (excludes halogenated alkanes) is 1. The molecule has 0 amide bonds. The average Bonchev–Trinajstić information content (AvgIpc) is 3.19. The van der Waals surface area contributed by atoms with Crippen molar-refractivity contribution in [1.29, 1.82) is 0 Å². The third kappa shape index (κ3) is 4.44. The third-order valence-electron chi connectivity index (χ3n) is 5.10. The fourth-order valence-corrected chi connectivity index (χ4v) is 3.24. The Bertz CT molecular complexity index is 275. The van der Waals surface area contributed by atoms with Crippen molar-refractivity contribution in [3.63, 3.8) is 0 Å². The molecule has 0 aromatic carbocycles. The Morgan fingerprint density at radius 3 is 2.68 bits per heavy atom. The maximum Gasteiger partial charge on any atom is 0.0309 e. The fraction of sp³-hybridized carbons (Fsp3) is 1.00. The number of rotatable bonds is 7. The molecule has 0 aromatic heterocycles. The topological polar surface area (TPSA) is 18.5 Å². The van der Waals surface area contributed by atoms with Gasteiger partial charge in [-0.15, -0.1) is 0 Å². The highest BCUT2D eigenvalue weighted by Gasteiger charge is 2.43. The van der Waals surface area contributed by atoms with E-state index >= 15 is 0 Å². The smallest absolute Gasteiger partial charge is 0.0309 e. The van der Waals surface area contributed by atoms with Crippen molar-refractivity contribution in [2.45, 2.75) is 58.0 Å². The van der Waals surface area contributed by atoms with Gasteiger partial charge in [0.05, 0.1) is 0 Å². The van der Waals surface area contributed by atoms with Gasteiger partial charge in [0.2, 0.25) is 0 Å². The SMILES string of the molecule is CC(C)N(C)CCCCN1CCNC(C)(C2CC2)C1. The first kappa shape index (κ1) is 15.3. The minimum atomic E-state index is 0.410. The summed E-state index contributed by atoms with van der Waals surface area (Å²) in [5, 5.41) is 3.76. The molecule has 1 saturated carbocycles. The number of nitrogens with one attached hydrogen (secondary N) is 1. The zero-order valence-electron chi connectivity index (χ0n) is 13.4. The molecule has 1 atom stereocenters. The molecule has 2 fully saturated rings. The van der Waals surface area contributed by atoms with Crippen LogP contribution in [0.1, 0.15) is 46.5 Å². The Balaban J connectivity index is 1.63. The Morgan fingerprint density at radius 1 is 1.32 bits per heavy atom. The molecule has 112 valence electrons. The van der Waals surface area contributed by atoms with Crippen LogP contribution in [0.5, 0.6) is 0 Å². The molecular weight excluding hydrogens is 234 g/mol. The van der Waals surface area contributed by atoms with Gasteiger partial charge >= 0.3 is 0 Å². The van der Waals surface area contributed by atoms with Crippen molar-refractivity contribution in [3.05, 3.63) is 0 Å². The molecule has 3 heteroatoms. The van der Waals surface area contributed by atoms with Gasteiger partial charge in [-0.3, -0.25) is 0 Å². The van der Waals surface area contributed by atoms with Crippen molar-refractivity contribution >= 4 is 0 Å². The predicted molar refractivity (Wildman–Crippen MR) is 82.6 cm³/mol. The lowest BCUT2D eigenvalue weighted by Gasteiger charge is -2.42. The van der Waals surface area contributed by atoms with Gasteiger partial charge in [-0.1, -0.05) is 0 Å². The summed E-state index contributed by atoms with van der Waals surface area (Å²) in [7, 11) is 2.24. The van der Waals surface area contributed by atoms with E-state index in [2.05, 4.69) is 42.9 Å². The lowest BCUT2D eigenvalue weighted by Crippen LogP contribution is -2.60. The quantitative estimate of drug-likeness (QED) is 0.713. The molecule has 1 aliphatic heterocycles. The average molecular weight is 267 g/mol. The zero-order chi connectivity index (χ0) is 13.9. The van der Waals surface area contributed by atoms with Crippen LogP contribution in [0.25, 0.3) is 0 Å². The standard InChI is InChI=1S/C16H33N3/c1-14(2)18(4)10-5-6-11-19-12-9-17-16(3,13-19)15-7-8-15/h14-15,17H,5-13H2,1-4H3. The molecule has 0 radical (unpaired) electrons. The molecule has 2 rings (SSSR count). The summed E-state index contributed by atoms with van der Waals surface area (Å²) in [6.07, 6.45) is 5.56. The van der Waals surface area contributed by atoms with Gasteiger partial charge in [0.1, 0.15) is 0 Å². The highest BCUT2D eigenvalue weighted by molar-refractivity contribution is 5.01. The van der Waals surface area contributed by atoms with E-state index in [4.69, 9.17) is 0 Å². The van der Waals surface area contributed by atoms with Crippen molar-refractivity contribution in [2.75, 3.05) is 39.8 Å².